The molecule has 0 N–H and O–H groups in total. The summed E-state index contributed by atoms with van der Waals surface area (Å²) in [7, 11) is 0. The lowest BCUT2D eigenvalue weighted by molar-refractivity contribution is -0.182. The third-order valence-electron chi connectivity index (χ3n) is 5.72. The second kappa shape index (κ2) is 7.27. The summed E-state index contributed by atoms with van der Waals surface area (Å²) >= 11 is 0. The predicted octanol–water partition coefficient (Wildman–Crippen LogP) is 4.14. The third kappa shape index (κ3) is 3.54. The van der Waals surface area contributed by atoms with Crippen molar-refractivity contribution in [2.75, 3.05) is 0 Å². The average molecular weight is 405 g/mol. The Balaban J connectivity index is 1.84. The topological polar surface area (TPSA) is 65.6 Å². The SMILES string of the molecule is CCn1cnc2c(=O)n(-c3ccc(C)nc3)c([C@H]3CC[C@@H](C(F)(F)F)CC3)nc21. The highest BCUT2D eigenvalue weighted by Crippen LogP contribution is 2.42. The summed E-state index contributed by atoms with van der Waals surface area (Å²) in [4.78, 5) is 26.5. The van der Waals surface area contributed by atoms with Gasteiger partial charge in [-0.05, 0) is 51.7 Å². The largest absolute Gasteiger partial charge is 0.391 e. The van der Waals surface area contributed by atoms with E-state index in [0.29, 0.717) is 36.5 Å². The molecule has 3 aromatic rings. The van der Waals surface area contributed by atoms with Crippen LogP contribution in [0.2, 0.25) is 0 Å². The van der Waals surface area contributed by atoms with Crippen LogP contribution in [0.15, 0.2) is 29.5 Å². The molecule has 154 valence electrons. The van der Waals surface area contributed by atoms with Gasteiger partial charge in [0.05, 0.1) is 24.1 Å². The Morgan fingerprint density at radius 1 is 1.14 bits per heavy atom. The molecule has 0 unspecified atom stereocenters. The first kappa shape index (κ1) is 19.6. The Labute approximate surface area is 165 Å². The van der Waals surface area contributed by atoms with Crippen molar-refractivity contribution in [1.29, 1.82) is 0 Å². The Kier molecular flexibility index (Phi) is 4.92. The lowest BCUT2D eigenvalue weighted by Gasteiger charge is -2.30. The highest BCUT2D eigenvalue weighted by Gasteiger charge is 2.42. The van der Waals surface area contributed by atoms with Gasteiger partial charge in [-0.15, -0.1) is 0 Å². The minimum Gasteiger partial charge on any atom is -0.315 e. The molecule has 0 aromatic carbocycles. The molecule has 1 aliphatic carbocycles. The van der Waals surface area contributed by atoms with E-state index in [0.717, 1.165) is 5.69 Å². The van der Waals surface area contributed by atoms with Gasteiger partial charge in [0, 0.05) is 18.2 Å². The van der Waals surface area contributed by atoms with Crippen molar-refractivity contribution in [1.82, 2.24) is 24.1 Å². The normalized spacial score (nSPS) is 20.3. The molecule has 0 spiro atoms. The van der Waals surface area contributed by atoms with Gasteiger partial charge < -0.3 is 4.57 Å². The molecule has 1 aliphatic rings. The fourth-order valence-corrected chi connectivity index (χ4v) is 4.04. The van der Waals surface area contributed by atoms with Crippen LogP contribution < -0.4 is 5.56 Å². The monoisotopic (exact) mass is 405 g/mol. The summed E-state index contributed by atoms with van der Waals surface area (Å²) in [5.41, 5.74) is 1.76. The van der Waals surface area contributed by atoms with Crippen LogP contribution >= 0.6 is 0 Å². The second-order valence-electron chi connectivity index (χ2n) is 7.56. The first-order valence-corrected chi connectivity index (χ1v) is 9.77. The zero-order chi connectivity index (χ0) is 20.8. The van der Waals surface area contributed by atoms with Gasteiger partial charge in [0.2, 0.25) is 0 Å². The van der Waals surface area contributed by atoms with E-state index in [1.54, 1.807) is 29.2 Å². The van der Waals surface area contributed by atoms with Crippen LogP contribution in [0.5, 0.6) is 0 Å². The second-order valence-corrected chi connectivity index (χ2v) is 7.56. The highest BCUT2D eigenvalue weighted by molar-refractivity contribution is 5.70. The fourth-order valence-electron chi connectivity index (χ4n) is 4.04. The van der Waals surface area contributed by atoms with Crippen LogP contribution in [0.4, 0.5) is 13.2 Å². The van der Waals surface area contributed by atoms with E-state index in [2.05, 4.69) is 9.97 Å². The van der Waals surface area contributed by atoms with Crippen molar-refractivity contribution in [3.05, 3.63) is 46.5 Å². The molecule has 4 rings (SSSR count). The first-order valence-electron chi connectivity index (χ1n) is 9.77. The van der Waals surface area contributed by atoms with Crippen LogP contribution in [0.3, 0.4) is 0 Å². The van der Waals surface area contributed by atoms with Gasteiger partial charge in [-0.2, -0.15) is 13.2 Å². The number of aromatic nitrogens is 5. The smallest absolute Gasteiger partial charge is 0.315 e. The number of imidazole rings is 1. The number of hydrogen-bond acceptors (Lipinski definition) is 4. The van der Waals surface area contributed by atoms with Gasteiger partial charge >= 0.3 is 6.18 Å². The van der Waals surface area contributed by atoms with Crippen LogP contribution in [0, 0.1) is 12.8 Å². The van der Waals surface area contributed by atoms with Crippen LogP contribution in [0.1, 0.15) is 50.0 Å². The number of fused-ring (bicyclic) bond motifs is 1. The Morgan fingerprint density at radius 2 is 1.86 bits per heavy atom. The standard InChI is InChI=1S/C20H22F3N5O/c1-3-27-11-25-16-18(27)26-17(13-5-7-14(8-6-13)20(21,22)23)28(19(16)29)15-9-4-12(2)24-10-15/h4,9-11,13-14H,3,5-8H2,1-2H3/t13-,14+. The van der Waals surface area contributed by atoms with E-state index in [-0.39, 0.29) is 29.8 Å². The van der Waals surface area contributed by atoms with Gasteiger partial charge in [-0.1, -0.05) is 0 Å². The van der Waals surface area contributed by atoms with Crippen molar-refractivity contribution in [3.63, 3.8) is 0 Å². The van der Waals surface area contributed by atoms with Crippen molar-refractivity contribution in [2.45, 2.75) is 58.2 Å². The van der Waals surface area contributed by atoms with Gasteiger partial charge in [0.15, 0.2) is 11.2 Å². The van der Waals surface area contributed by atoms with E-state index >= 15 is 0 Å². The van der Waals surface area contributed by atoms with Crippen LogP contribution in [-0.2, 0) is 6.54 Å². The minimum atomic E-state index is -4.18. The summed E-state index contributed by atoms with van der Waals surface area (Å²) in [6.45, 7) is 4.36. The average Bonchev–Trinajstić information content (AvgIpc) is 3.12. The molecule has 0 saturated heterocycles. The van der Waals surface area contributed by atoms with Crippen molar-refractivity contribution < 1.29 is 13.2 Å². The first-order chi connectivity index (χ1) is 13.8. The van der Waals surface area contributed by atoms with Crippen LogP contribution in [0.25, 0.3) is 16.9 Å². The lowest BCUT2D eigenvalue weighted by atomic mass is 9.81. The zero-order valence-electron chi connectivity index (χ0n) is 16.3. The molecule has 0 bridgehead atoms. The van der Waals surface area contributed by atoms with Crippen molar-refractivity contribution >= 4 is 11.2 Å². The molecule has 1 fully saturated rings. The van der Waals surface area contributed by atoms with Gasteiger partial charge in [0.1, 0.15) is 5.82 Å². The maximum atomic E-state index is 13.3. The molecule has 3 aromatic heterocycles. The van der Waals surface area contributed by atoms with E-state index in [1.165, 1.54) is 4.57 Å². The summed E-state index contributed by atoms with van der Waals surface area (Å²) in [5, 5.41) is 0. The highest BCUT2D eigenvalue weighted by atomic mass is 19.4. The number of pyridine rings is 1. The molecule has 1 saturated carbocycles. The summed E-state index contributed by atoms with van der Waals surface area (Å²) in [6, 6.07) is 3.57. The molecule has 0 amide bonds. The zero-order valence-corrected chi connectivity index (χ0v) is 16.3. The molecule has 0 aliphatic heterocycles. The molecular formula is C20H22F3N5O. The van der Waals surface area contributed by atoms with Crippen molar-refractivity contribution in [3.8, 4) is 5.69 Å². The third-order valence-corrected chi connectivity index (χ3v) is 5.72. The number of halogens is 3. The van der Waals surface area contributed by atoms with E-state index < -0.39 is 12.1 Å². The van der Waals surface area contributed by atoms with Crippen LogP contribution in [-0.4, -0.2) is 30.3 Å². The quantitative estimate of drug-likeness (QED) is 0.657. The van der Waals surface area contributed by atoms with E-state index in [1.807, 2.05) is 13.8 Å². The van der Waals surface area contributed by atoms with Gasteiger partial charge in [-0.3, -0.25) is 14.3 Å². The Bertz CT molecular complexity index is 1080. The van der Waals surface area contributed by atoms with Gasteiger partial charge in [-0.25, -0.2) is 9.97 Å². The van der Waals surface area contributed by atoms with Gasteiger partial charge in [0.25, 0.3) is 5.56 Å². The number of rotatable bonds is 3. The maximum absolute atomic E-state index is 13.3. The molecule has 3 heterocycles. The fraction of sp³-hybridized carbons (Fsp3) is 0.500. The number of hydrogen-bond donors (Lipinski definition) is 0. The molecular weight excluding hydrogens is 383 g/mol. The summed E-state index contributed by atoms with van der Waals surface area (Å²) in [5.74, 6) is -1.03. The number of nitrogens with zero attached hydrogens (tertiary/aromatic N) is 5. The number of alkyl halides is 3. The number of aryl methyl sites for hydroxylation is 2. The maximum Gasteiger partial charge on any atom is 0.391 e. The predicted molar refractivity (Wildman–Crippen MR) is 102 cm³/mol. The van der Waals surface area contributed by atoms with Crippen molar-refractivity contribution in [2.24, 2.45) is 5.92 Å². The Hall–Kier alpha value is -2.71. The molecule has 0 radical (unpaired) electrons. The molecule has 6 nitrogen and oxygen atoms in total. The van der Waals surface area contributed by atoms with E-state index in [9.17, 15) is 18.0 Å². The lowest BCUT2D eigenvalue weighted by Crippen LogP contribution is -2.31. The molecule has 29 heavy (non-hydrogen) atoms. The molecule has 9 heteroatoms. The molecule has 0 atom stereocenters. The minimum absolute atomic E-state index is 0.0429. The summed E-state index contributed by atoms with van der Waals surface area (Å²) in [6.07, 6.45) is -0.261. The Morgan fingerprint density at radius 3 is 2.45 bits per heavy atom. The van der Waals surface area contributed by atoms with E-state index in [4.69, 9.17) is 4.98 Å². The summed E-state index contributed by atoms with van der Waals surface area (Å²) < 4.78 is 42.5.